The van der Waals surface area contributed by atoms with Gasteiger partial charge in [0.1, 0.15) is 0 Å². The highest BCUT2D eigenvalue weighted by Crippen LogP contribution is 2.15. The number of aliphatic hydroxyl groups excluding tert-OH is 1. The number of benzene rings is 1. The summed E-state index contributed by atoms with van der Waals surface area (Å²) in [4.78, 5) is 11.7. The van der Waals surface area contributed by atoms with Crippen molar-refractivity contribution in [3.05, 3.63) is 59.9 Å². The Morgan fingerprint density at radius 2 is 1.86 bits per heavy atom. The lowest BCUT2D eigenvalue weighted by Gasteiger charge is -2.13. The highest BCUT2D eigenvalue weighted by Gasteiger charge is 2.10. The fourth-order valence-electron chi connectivity index (χ4n) is 2.32. The maximum Gasteiger partial charge on any atom is 0.314 e. The molecule has 0 saturated heterocycles. The van der Waals surface area contributed by atoms with Crippen molar-refractivity contribution < 1.29 is 9.90 Å². The Balaban J connectivity index is 1.61. The number of nitrogens with zero attached hydrogens (tertiary/aromatic N) is 1. The predicted octanol–water partition coefficient (Wildman–Crippen LogP) is 1.99. The number of amides is 2. The number of aromatic nitrogens is 1. The zero-order valence-electron chi connectivity index (χ0n) is 12.8. The van der Waals surface area contributed by atoms with Crippen LogP contribution in [0.4, 0.5) is 4.79 Å². The van der Waals surface area contributed by atoms with E-state index in [1.165, 1.54) is 5.56 Å². The minimum atomic E-state index is -0.565. The van der Waals surface area contributed by atoms with Gasteiger partial charge in [0, 0.05) is 32.0 Å². The second-order valence-corrected chi connectivity index (χ2v) is 5.27. The van der Waals surface area contributed by atoms with Crippen molar-refractivity contribution in [2.24, 2.45) is 7.05 Å². The van der Waals surface area contributed by atoms with Crippen LogP contribution in [-0.4, -0.2) is 28.8 Å². The van der Waals surface area contributed by atoms with Gasteiger partial charge in [-0.05, 0) is 30.5 Å². The van der Waals surface area contributed by atoms with Gasteiger partial charge < -0.3 is 20.3 Å². The van der Waals surface area contributed by atoms with Crippen molar-refractivity contribution in [2.75, 3.05) is 13.1 Å². The van der Waals surface area contributed by atoms with E-state index in [4.69, 9.17) is 0 Å². The number of urea groups is 1. The van der Waals surface area contributed by atoms with Crippen LogP contribution in [0, 0.1) is 0 Å². The zero-order valence-corrected chi connectivity index (χ0v) is 12.8. The van der Waals surface area contributed by atoms with E-state index in [1.54, 1.807) is 0 Å². The second kappa shape index (κ2) is 8.24. The normalized spacial score (nSPS) is 11.9. The first-order valence-electron chi connectivity index (χ1n) is 7.51. The van der Waals surface area contributed by atoms with Crippen LogP contribution in [0.3, 0.4) is 0 Å². The lowest BCUT2D eigenvalue weighted by molar-refractivity contribution is 0.159. The number of carbonyl (C=O) groups is 1. The van der Waals surface area contributed by atoms with Crippen LogP contribution in [0.1, 0.15) is 23.8 Å². The van der Waals surface area contributed by atoms with Gasteiger partial charge in [0.2, 0.25) is 0 Å². The summed E-state index contributed by atoms with van der Waals surface area (Å²) in [5.74, 6) is 0. The Kier molecular flexibility index (Phi) is 6.03. The van der Waals surface area contributed by atoms with Crippen molar-refractivity contribution in [3.63, 3.8) is 0 Å². The molecule has 3 N–H and O–H groups in total. The summed E-state index contributed by atoms with van der Waals surface area (Å²) < 4.78 is 1.88. The molecule has 0 aliphatic carbocycles. The Bertz CT molecular complexity index is 581. The molecule has 2 rings (SSSR count). The van der Waals surface area contributed by atoms with Crippen LogP contribution in [0.15, 0.2) is 48.7 Å². The Labute approximate surface area is 131 Å². The topological polar surface area (TPSA) is 66.3 Å². The molecule has 2 amide bonds. The molecule has 2 aromatic rings. The summed E-state index contributed by atoms with van der Waals surface area (Å²) in [7, 11) is 1.89. The minimum Gasteiger partial charge on any atom is -0.387 e. The van der Waals surface area contributed by atoms with Gasteiger partial charge >= 0.3 is 6.03 Å². The molecule has 118 valence electrons. The lowest BCUT2D eigenvalue weighted by atomic mass is 10.1. The number of aliphatic hydroxyl groups is 1. The van der Waals surface area contributed by atoms with Crippen molar-refractivity contribution in [1.29, 1.82) is 0 Å². The van der Waals surface area contributed by atoms with E-state index in [-0.39, 0.29) is 6.03 Å². The van der Waals surface area contributed by atoms with Crippen molar-refractivity contribution in [3.8, 4) is 0 Å². The van der Waals surface area contributed by atoms with Gasteiger partial charge in [-0.2, -0.15) is 0 Å². The van der Waals surface area contributed by atoms with Gasteiger partial charge in [0.05, 0.1) is 6.10 Å². The molecule has 5 nitrogen and oxygen atoms in total. The van der Waals surface area contributed by atoms with E-state index < -0.39 is 6.10 Å². The molecule has 0 spiro atoms. The summed E-state index contributed by atoms with van der Waals surface area (Å²) in [6.45, 7) is 1.03. The molecule has 1 aromatic carbocycles. The first kappa shape index (κ1) is 16.1. The van der Waals surface area contributed by atoms with Gasteiger partial charge in [-0.25, -0.2) is 4.79 Å². The van der Waals surface area contributed by atoms with Gasteiger partial charge in [0.25, 0.3) is 0 Å². The number of carbonyl (C=O) groups excluding carboxylic acids is 1. The molecule has 0 bridgehead atoms. The summed E-state index contributed by atoms with van der Waals surface area (Å²) in [6.07, 6.45) is 2.62. The molecule has 0 radical (unpaired) electrons. The monoisotopic (exact) mass is 301 g/mol. The molecule has 0 unspecified atom stereocenters. The summed E-state index contributed by atoms with van der Waals surface area (Å²) in [5.41, 5.74) is 2.05. The second-order valence-electron chi connectivity index (χ2n) is 5.27. The quantitative estimate of drug-likeness (QED) is 0.732. The van der Waals surface area contributed by atoms with Crippen molar-refractivity contribution in [1.82, 2.24) is 15.2 Å². The molecule has 0 aliphatic heterocycles. The molecule has 22 heavy (non-hydrogen) atoms. The average Bonchev–Trinajstić information content (AvgIpc) is 2.94. The number of aryl methyl sites for hydroxylation is 1. The molecular formula is C17H23N3O2. The number of hydrogen-bond donors (Lipinski definition) is 3. The summed E-state index contributed by atoms with van der Waals surface area (Å²) in [6, 6.07) is 13.6. The van der Waals surface area contributed by atoms with Crippen LogP contribution in [0.25, 0.3) is 0 Å². The molecule has 0 saturated carbocycles. The van der Waals surface area contributed by atoms with Gasteiger partial charge in [-0.15, -0.1) is 0 Å². The molecule has 0 aliphatic rings. The maximum absolute atomic E-state index is 11.7. The minimum absolute atomic E-state index is 0.199. The highest BCUT2D eigenvalue weighted by atomic mass is 16.3. The van der Waals surface area contributed by atoms with Crippen molar-refractivity contribution in [2.45, 2.75) is 18.9 Å². The van der Waals surface area contributed by atoms with Crippen molar-refractivity contribution >= 4 is 6.03 Å². The third-order valence-electron chi connectivity index (χ3n) is 3.57. The number of hydrogen-bond acceptors (Lipinski definition) is 2. The lowest BCUT2D eigenvalue weighted by Crippen LogP contribution is -2.37. The Hall–Kier alpha value is -2.27. The van der Waals surface area contributed by atoms with E-state index in [1.807, 2.05) is 60.3 Å². The zero-order chi connectivity index (χ0) is 15.8. The molecule has 1 aromatic heterocycles. The maximum atomic E-state index is 11.7. The van der Waals surface area contributed by atoms with Gasteiger partial charge in [-0.3, -0.25) is 0 Å². The number of rotatable bonds is 7. The average molecular weight is 301 g/mol. The van der Waals surface area contributed by atoms with Crippen LogP contribution in [0.2, 0.25) is 0 Å². The van der Waals surface area contributed by atoms with E-state index in [2.05, 4.69) is 10.6 Å². The van der Waals surface area contributed by atoms with Crippen LogP contribution in [-0.2, 0) is 13.5 Å². The standard InChI is InChI=1S/C17H23N3O2/c1-20-13-5-8-15(20)16(21)10-12-19-17(22)18-11-9-14-6-3-2-4-7-14/h2-8,13,16,21H,9-12H2,1H3,(H2,18,19,22)/t16-/m0/s1. The fraction of sp³-hybridized carbons (Fsp3) is 0.353. The molecule has 5 heteroatoms. The third kappa shape index (κ3) is 4.93. The van der Waals surface area contributed by atoms with E-state index >= 15 is 0 Å². The van der Waals surface area contributed by atoms with Crippen LogP contribution >= 0.6 is 0 Å². The number of nitrogens with one attached hydrogen (secondary N) is 2. The fourth-order valence-corrected chi connectivity index (χ4v) is 2.32. The Morgan fingerprint density at radius 3 is 2.55 bits per heavy atom. The Morgan fingerprint density at radius 1 is 1.14 bits per heavy atom. The molecular weight excluding hydrogens is 278 g/mol. The summed E-state index contributed by atoms with van der Waals surface area (Å²) in [5, 5.41) is 15.6. The highest BCUT2D eigenvalue weighted by molar-refractivity contribution is 5.73. The molecule has 1 atom stereocenters. The largest absolute Gasteiger partial charge is 0.387 e. The first-order chi connectivity index (χ1) is 10.7. The van der Waals surface area contributed by atoms with E-state index in [0.717, 1.165) is 12.1 Å². The van der Waals surface area contributed by atoms with Crippen LogP contribution < -0.4 is 10.6 Å². The molecule has 0 fully saturated rings. The van der Waals surface area contributed by atoms with E-state index in [9.17, 15) is 9.90 Å². The smallest absolute Gasteiger partial charge is 0.314 e. The van der Waals surface area contributed by atoms with Gasteiger partial charge in [-0.1, -0.05) is 30.3 Å². The first-order valence-corrected chi connectivity index (χ1v) is 7.51. The SMILES string of the molecule is Cn1cccc1[C@@H](O)CCNC(=O)NCCc1ccccc1. The summed E-state index contributed by atoms with van der Waals surface area (Å²) >= 11 is 0. The third-order valence-corrected chi connectivity index (χ3v) is 3.57. The van der Waals surface area contributed by atoms with Gasteiger partial charge in [0.15, 0.2) is 0 Å². The van der Waals surface area contributed by atoms with Crippen LogP contribution in [0.5, 0.6) is 0 Å². The van der Waals surface area contributed by atoms with E-state index in [0.29, 0.717) is 19.5 Å². The predicted molar refractivity (Wildman–Crippen MR) is 86.5 cm³/mol. The molecule has 1 heterocycles.